The van der Waals surface area contributed by atoms with Crippen LogP contribution in [0.25, 0.3) is 0 Å². The van der Waals surface area contributed by atoms with Gasteiger partial charge in [0.05, 0.1) is 0 Å². The number of halogens is 2. The first-order chi connectivity index (χ1) is 5.34. The van der Waals surface area contributed by atoms with Gasteiger partial charge in [0, 0.05) is 11.7 Å². The summed E-state index contributed by atoms with van der Waals surface area (Å²) in [6.07, 6.45) is 0.601. The summed E-state index contributed by atoms with van der Waals surface area (Å²) in [5, 5.41) is 0. The molecule has 12 heavy (non-hydrogen) atoms. The van der Waals surface area contributed by atoms with E-state index in [0.717, 1.165) is 5.56 Å². The van der Waals surface area contributed by atoms with Crippen molar-refractivity contribution >= 4 is 45.5 Å². The monoisotopic (exact) mass is 310 g/mol. The predicted octanol–water partition coefficient (Wildman–Crippen LogP) is 3.44. The first kappa shape index (κ1) is 12.3. The van der Waals surface area contributed by atoms with Gasteiger partial charge in [0.25, 0.3) is 0 Å². The fourth-order valence-electron chi connectivity index (χ4n) is 0.787. The molecule has 0 aliphatic rings. The van der Waals surface area contributed by atoms with Crippen LogP contribution in [0.1, 0.15) is 10.4 Å². The first-order valence-corrected chi connectivity index (χ1v) is 6.72. The van der Waals surface area contributed by atoms with E-state index in [9.17, 15) is 4.79 Å². The molecular weight excluding hydrogens is 303 g/mol. The largest absolute Gasteiger partial charge is 0.294 e. The SMILES string of the molecule is Br.O=C(CPBr)c1ccccc1. The van der Waals surface area contributed by atoms with Gasteiger partial charge in [-0.3, -0.25) is 4.79 Å². The molecule has 4 heteroatoms. The number of carbonyl (C=O) groups excluding carboxylic acids is 1. The predicted molar refractivity (Wildman–Crippen MR) is 63.2 cm³/mol. The van der Waals surface area contributed by atoms with Crippen LogP contribution in [0, 0.1) is 0 Å². The quantitative estimate of drug-likeness (QED) is 0.617. The molecule has 1 rings (SSSR count). The minimum Gasteiger partial charge on any atom is -0.294 e. The van der Waals surface area contributed by atoms with E-state index in [1.54, 1.807) is 0 Å². The second kappa shape index (κ2) is 6.76. The lowest BCUT2D eigenvalue weighted by Crippen LogP contribution is -1.99. The van der Waals surface area contributed by atoms with Crippen molar-refractivity contribution in [1.29, 1.82) is 0 Å². The van der Waals surface area contributed by atoms with Crippen molar-refractivity contribution in [1.82, 2.24) is 0 Å². The van der Waals surface area contributed by atoms with Crippen molar-refractivity contribution in [3.05, 3.63) is 35.9 Å². The van der Waals surface area contributed by atoms with Crippen molar-refractivity contribution in [2.75, 3.05) is 6.16 Å². The van der Waals surface area contributed by atoms with Crippen LogP contribution in [0.15, 0.2) is 30.3 Å². The van der Waals surface area contributed by atoms with Gasteiger partial charge in [0.15, 0.2) is 5.78 Å². The molecule has 1 atom stereocenters. The third-order valence-electron chi connectivity index (χ3n) is 1.32. The van der Waals surface area contributed by atoms with Gasteiger partial charge in [-0.15, -0.1) is 17.0 Å². The van der Waals surface area contributed by atoms with Crippen LogP contribution in [0.4, 0.5) is 0 Å². The van der Waals surface area contributed by atoms with E-state index < -0.39 is 0 Å². The highest BCUT2D eigenvalue weighted by molar-refractivity contribution is 9.36. The first-order valence-electron chi connectivity index (χ1n) is 3.26. The molecule has 0 aliphatic heterocycles. The molecule has 0 saturated carbocycles. The van der Waals surface area contributed by atoms with E-state index >= 15 is 0 Å². The number of hydrogen-bond donors (Lipinski definition) is 0. The molecule has 0 bridgehead atoms. The Morgan fingerprint density at radius 1 is 1.33 bits per heavy atom. The van der Waals surface area contributed by atoms with Gasteiger partial charge in [-0.1, -0.05) is 45.8 Å². The molecular formula is C8H9Br2OP. The van der Waals surface area contributed by atoms with Crippen molar-refractivity contribution in [3.63, 3.8) is 0 Å². The average Bonchev–Trinajstić information content (AvgIpc) is 2.07. The summed E-state index contributed by atoms with van der Waals surface area (Å²) in [6.45, 7) is 0. The molecule has 0 spiro atoms. The Morgan fingerprint density at radius 3 is 2.42 bits per heavy atom. The van der Waals surface area contributed by atoms with Crippen LogP contribution in [0.3, 0.4) is 0 Å². The lowest BCUT2D eigenvalue weighted by atomic mass is 10.2. The van der Waals surface area contributed by atoms with Gasteiger partial charge in [0.1, 0.15) is 0 Å². The number of ketones is 1. The fraction of sp³-hybridized carbons (Fsp3) is 0.125. The molecule has 0 aromatic heterocycles. The standard InChI is InChI=1S/C8H8BrOP.BrH/c9-11-6-8(10)7-4-2-1-3-5-7;/h1-5,11H,6H2;1H. The second-order valence-electron chi connectivity index (χ2n) is 2.10. The van der Waals surface area contributed by atoms with Crippen LogP contribution in [-0.4, -0.2) is 11.9 Å². The summed E-state index contributed by atoms with van der Waals surface area (Å²) in [4.78, 5) is 11.2. The Morgan fingerprint density at radius 2 is 1.92 bits per heavy atom. The van der Waals surface area contributed by atoms with E-state index in [0.29, 0.717) is 13.4 Å². The molecule has 1 aromatic carbocycles. The van der Waals surface area contributed by atoms with Gasteiger partial charge in [0.2, 0.25) is 0 Å². The zero-order valence-corrected chi connectivity index (χ0v) is 10.6. The van der Waals surface area contributed by atoms with Crippen LogP contribution < -0.4 is 0 Å². The molecule has 0 saturated heterocycles. The van der Waals surface area contributed by atoms with E-state index in [4.69, 9.17) is 0 Å². The summed E-state index contributed by atoms with van der Waals surface area (Å²) in [5.74, 6) is 0.209. The summed E-state index contributed by atoms with van der Waals surface area (Å²) >= 11 is 3.25. The number of rotatable bonds is 3. The highest BCUT2D eigenvalue weighted by atomic mass is 79.9. The molecule has 0 fully saturated rings. The summed E-state index contributed by atoms with van der Waals surface area (Å²) in [5.41, 5.74) is 0.805. The Balaban J connectivity index is 0.00000121. The summed E-state index contributed by atoms with van der Waals surface area (Å²) in [7, 11) is 0.527. The third-order valence-corrected chi connectivity index (χ3v) is 2.62. The molecule has 0 radical (unpaired) electrons. The number of benzene rings is 1. The number of carbonyl (C=O) groups is 1. The van der Waals surface area contributed by atoms with Gasteiger partial charge >= 0.3 is 0 Å². The highest BCUT2D eigenvalue weighted by Gasteiger charge is 2.01. The molecule has 1 aromatic rings. The van der Waals surface area contributed by atoms with Gasteiger partial charge in [-0.2, -0.15) is 0 Å². The lowest BCUT2D eigenvalue weighted by molar-refractivity contribution is 0.102. The third kappa shape index (κ3) is 3.79. The van der Waals surface area contributed by atoms with E-state index in [2.05, 4.69) is 15.5 Å². The minimum absolute atomic E-state index is 0. The molecule has 0 aliphatic carbocycles. The summed E-state index contributed by atoms with van der Waals surface area (Å²) < 4.78 is 0. The fourth-order valence-corrected chi connectivity index (χ4v) is 1.88. The molecule has 0 heterocycles. The number of Topliss-reactive ketones (excluding diaryl/α,β-unsaturated/α-hetero) is 1. The molecule has 0 N–H and O–H groups in total. The summed E-state index contributed by atoms with van der Waals surface area (Å²) in [6, 6.07) is 9.35. The molecule has 1 nitrogen and oxygen atoms in total. The van der Waals surface area contributed by atoms with Crippen LogP contribution in [0.5, 0.6) is 0 Å². The van der Waals surface area contributed by atoms with E-state index in [1.165, 1.54) is 0 Å². The van der Waals surface area contributed by atoms with Crippen molar-refractivity contribution in [3.8, 4) is 0 Å². The van der Waals surface area contributed by atoms with Gasteiger partial charge in [-0.25, -0.2) is 0 Å². The van der Waals surface area contributed by atoms with Gasteiger partial charge < -0.3 is 0 Å². The van der Waals surface area contributed by atoms with Crippen LogP contribution in [0.2, 0.25) is 0 Å². The maximum absolute atomic E-state index is 11.2. The normalized spacial score (nSPS) is 9.75. The second-order valence-corrected chi connectivity index (χ2v) is 4.40. The zero-order valence-electron chi connectivity index (χ0n) is 6.29. The smallest absolute Gasteiger partial charge is 0.167 e. The minimum atomic E-state index is 0. The lowest BCUT2D eigenvalue weighted by Gasteiger charge is -1.95. The highest BCUT2D eigenvalue weighted by Crippen LogP contribution is 2.20. The molecule has 66 valence electrons. The average molecular weight is 312 g/mol. The Hall–Kier alpha value is 0.280. The molecule has 0 amide bonds. The van der Waals surface area contributed by atoms with Crippen LogP contribution >= 0.6 is 39.8 Å². The number of hydrogen-bond acceptors (Lipinski definition) is 1. The Kier molecular flexibility index (Phi) is 6.92. The van der Waals surface area contributed by atoms with E-state index in [1.807, 2.05) is 30.3 Å². The zero-order chi connectivity index (χ0) is 8.10. The maximum Gasteiger partial charge on any atom is 0.167 e. The Labute approximate surface area is 92.2 Å². The topological polar surface area (TPSA) is 17.1 Å². The van der Waals surface area contributed by atoms with Crippen molar-refractivity contribution in [2.45, 2.75) is 0 Å². The molecule has 1 unspecified atom stereocenters. The van der Waals surface area contributed by atoms with Crippen molar-refractivity contribution in [2.24, 2.45) is 0 Å². The Bertz CT molecular complexity index is 238. The maximum atomic E-state index is 11.2. The van der Waals surface area contributed by atoms with Crippen LogP contribution in [-0.2, 0) is 0 Å². The van der Waals surface area contributed by atoms with Crippen molar-refractivity contribution < 1.29 is 4.79 Å². The van der Waals surface area contributed by atoms with Gasteiger partial charge in [-0.05, 0) is 7.28 Å². The van der Waals surface area contributed by atoms with E-state index in [-0.39, 0.29) is 22.8 Å².